The second-order valence-corrected chi connectivity index (χ2v) is 2.39. The van der Waals surface area contributed by atoms with Crippen molar-refractivity contribution in [2.24, 2.45) is 5.73 Å². The molecule has 0 aromatic carbocycles. The van der Waals surface area contributed by atoms with Crippen molar-refractivity contribution in [2.45, 2.75) is 26.7 Å². The second-order valence-electron chi connectivity index (χ2n) is 2.39. The van der Waals surface area contributed by atoms with Gasteiger partial charge in [0, 0.05) is 25.9 Å². The Bertz CT molecular complexity index is 135. The van der Waals surface area contributed by atoms with Crippen LogP contribution >= 0.6 is 0 Å². The van der Waals surface area contributed by atoms with Crippen LogP contribution < -0.4 is 11.1 Å². The summed E-state index contributed by atoms with van der Waals surface area (Å²) in [5, 5.41) is 18.3. The zero-order chi connectivity index (χ0) is 12.7. The zero-order valence-corrected chi connectivity index (χ0v) is 9.62. The van der Waals surface area contributed by atoms with Crippen LogP contribution in [-0.4, -0.2) is 42.3 Å². The van der Waals surface area contributed by atoms with Crippen LogP contribution in [0, 0.1) is 0 Å². The molecule has 92 valence electrons. The van der Waals surface area contributed by atoms with Crippen LogP contribution in [0.15, 0.2) is 0 Å². The molecule has 0 bridgehead atoms. The predicted octanol–water partition coefficient (Wildman–Crippen LogP) is 0.127. The number of carboxylic acid groups (broad SMARTS) is 2. The highest BCUT2D eigenvalue weighted by molar-refractivity contribution is 5.66. The molecule has 15 heavy (non-hydrogen) atoms. The maximum atomic E-state index is 9.37. The first-order valence-corrected chi connectivity index (χ1v) is 4.74. The Morgan fingerprint density at radius 2 is 1.40 bits per heavy atom. The molecule has 0 atom stereocenters. The van der Waals surface area contributed by atoms with Crippen molar-refractivity contribution in [1.82, 2.24) is 5.32 Å². The number of carboxylic acids is 2. The van der Waals surface area contributed by atoms with E-state index in [1.54, 1.807) is 13.8 Å². The van der Waals surface area contributed by atoms with Crippen LogP contribution in [0.2, 0.25) is 0 Å². The number of carbonyl (C=O) groups is 2. The summed E-state index contributed by atoms with van der Waals surface area (Å²) in [6.45, 7) is 4.85. The fraction of sp³-hybridized carbons (Fsp3) is 0.778. The molecule has 0 aliphatic carbocycles. The molecule has 0 spiro atoms. The number of nitrogens with two attached hydrogens (primary N) is 1. The minimum absolute atomic E-state index is 0.222. The molecule has 0 aliphatic rings. The smallest absolute Gasteiger partial charge is 0.303 e. The summed E-state index contributed by atoms with van der Waals surface area (Å²) in [5.74, 6) is -1.49. The molecule has 0 aromatic heterocycles. The van der Waals surface area contributed by atoms with Gasteiger partial charge < -0.3 is 21.3 Å². The van der Waals surface area contributed by atoms with Crippen molar-refractivity contribution in [3.05, 3.63) is 0 Å². The monoisotopic (exact) mass is 222 g/mol. The molecule has 6 nitrogen and oxygen atoms in total. The van der Waals surface area contributed by atoms with Crippen LogP contribution in [0.5, 0.6) is 0 Å². The summed E-state index contributed by atoms with van der Waals surface area (Å²) in [5.41, 5.74) is 5.08. The van der Waals surface area contributed by atoms with Gasteiger partial charge in [-0.15, -0.1) is 0 Å². The van der Waals surface area contributed by atoms with Gasteiger partial charge >= 0.3 is 11.9 Å². The number of hydrogen-bond donors (Lipinski definition) is 4. The number of aliphatic carboxylic acids is 2. The first-order chi connectivity index (χ1) is 6.95. The largest absolute Gasteiger partial charge is 0.481 e. The van der Waals surface area contributed by atoms with E-state index in [1.165, 1.54) is 0 Å². The molecular weight excluding hydrogens is 200 g/mol. The Morgan fingerprint density at radius 1 is 1.13 bits per heavy atom. The summed E-state index contributed by atoms with van der Waals surface area (Å²) in [4.78, 5) is 18.7. The third kappa shape index (κ3) is 64.2. The van der Waals surface area contributed by atoms with Crippen LogP contribution in [0.3, 0.4) is 0 Å². The van der Waals surface area contributed by atoms with Crippen molar-refractivity contribution in [3.8, 4) is 0 Å². The van der Waals surface area contributed by atoms with E-state index in [1.807, 2.05) is 7.05 Å². The van der Waals surface area contributed by atoms with Crippen LogP contribution in [0.1, 0.15) is 26.7 Å². The van der Waals surface area contributed by atoms with Crippen molar-refractivity contribution in [2.75, 3.05) is 20.1 Å². The molecule has 6 heteroatoms. The summed E-state index contributed by atoms with van der Waals surface area (Å²) in [6.07, 6.45) is 0.444. The van der Waals surface area contributed by atoms with E-state index in [0.29, 0.717) is 0 Å². The average molecular weight is 222 g/mol. The van der Waals surface area contributed by atoms with Gasteiger partial charge in [0.05, 0.1) is 0 Å². The standard InChI is InChI=1S/C3H10N2.2C3H6O2/c1-5-3-2-4;2*1-2-3(4)5/h5H,2-4H2,1H3;2*2H2,1H3,(H,4,5). The number of likely N-dealkylation sites (N-methyl/N-ethyl adjacent to an activating group) is 1. The van der Waals surface area contributed by atoms with E-state index in [0.717, 1.165) is 13.1 Å². The molecule has 0 unspecified atom stereocenters. The molecule has 0 heterocycles. The molecule has 5 N–H and O–H groups in total. The SMILES string of the molecule is CCC(=O)O.CCC(=O)O.CNCCN. The molecule has 0 saturated carbocycles. The zero-order valence-electron chi connectivity index (χ0n) is 9.62. The highest BCUT2D eigenvalue weighted by Crippen LogP contribution is 1.67. The first-order valence-electron chi connectivity index (χ1n) is 4.74. The Balaban J connectivity index is -0.000000144. The molecule has 0 amide bonds. The van der Waals surface area contributed by atoms with E-state index in [-0.39, 0.29) is 12.8 Å². The summed E-state index contributed by atoms with van der Waals surface area (Å²) >= 11 is 0. The van der Waals surface area contributed by atoms with Crippen molar-refractivity contribution >= 4 is 11.9 Å². The minimum Gasteiger partial charge on any atom is -0.481 e. The van der Waals surface area contributed by atoms with Gasteiger partial charge in [0.2, 0.25) is 0 Å². The molecule has 0 aliphatic heterocycles. The summed E-state index contributed by atoms with van der Waals surface area (Å²) in [6, 6.07) is 0. The van der Waals surface area contributed by atoms with E-state index in [9.17, 15) is 9.59 Å². The Hall–Kier alpha value is -1.14. The molecule has 0 fully saturated rings. The van der Waals surface area contributed by atoms with E-state index < -0.39 is 11.9 Å². The lowest BCUT2D eigenvalue weighted by Crippen LogP contribution is -2.17. The van der Waals surface area contributed by atoms with Crippen LogP contribution in [0.25, 0.3) is 0 Å². The highest BCUT2D eigenvalue weighted by atomic mass is 16.4. The number of hydrogen-bond acceptors (Lipinski definition) is 4. The second kappa shape index (κ2) is 18.6. The fourth-order valence-corrected chi connectivity index (χ4v) is 0.144. The molecule has 0 saturated heterocycles. The van der Waals surface area contributed by atoms with Gasteiger partial charge in [0.1, 0.15) is 0 Å². The van der Waals surface area contributed by atoms with Gasteiger partial charge in [-0.1, -0.05) is 13.8 Å². The van der Waals surface area contributed by atoms with Crippen molar-refractivity contribution < 1.29 is 19.8 Å². The Morgan fingerprint density at radius 3 is 1.40 bits per heavy atom. The van der Waals surface area contributed by atoms with E-state index in [2.05, 4.69) is 5.32 Å². The maximum Gasteiger partial charge on any atom is 0.303 e. The Labute approximate surface area is 90.5 Å². The van der Waals surface area contributed by atoms with E-state index >= 15 is 0 Å². The molecular formula is C9H22N2O4. The molecule has 0 radical (unpaired) electrons. The molecule has 0 rings (SSSR count). The topological polar surface area (TPSA) is 113 Å². The van der Waals surface area contributed by atoms with Crippen LogP contribution in [-0.2, 0) is 9.59 Å². The summed E-state index contributed by atoms with van der Waals surface area (Å²) < 4.78 is 0. The van der Waals surface area contributed by atoms with Crippen LogP contribution in [0.4, 0.5) is 0 Å². The van der Waals surface area contributed by atoms with E-state index in [4.69, 9.17) is 15.9 Å². The van der Waals surface area contributed by atoms with Gasteiger partial charge in [-0.2, -0.15) is 0 Å². The lowest BCUT2D eigenvalue weighted by atomic mass is 10.5. The van der Waals surface area contributed by atoms with Crippen molar-refractivity contribution in [1.29, 1.82) is 0 Å². The lowest BCUT2D eigenvalue weighted by Gasteiger charge is -1.85. The lowest BCUT2D eigenvalue weighted by molar-refractivity contribution is -0.137. The number of rotatable bonds is 4. The fourth-order valence-electron chi connectivity index (χ4n) is 0.144. The highest BCUT2D eigenvalue weighted by Gasteiger charge is 1.81. The van der Waals surface area contributed by atoms with Gasteiger partial charge in [0.25, 0.3) is 0 Å². The minimum atomic E-state index is -0.745. The van der Waals surface area contributed by atoms with Gasteiger partial charge in [-0.25, -0.2) is 0 Å². The quantitative estimate of drug-likeness (QED) is 0.537. The Kier molecular flexibility index (Phi) is 24.1. The van der Waals surface area contributed by atoms with Gasteiger partial charge in [0.15, 0.2) is 0 Å². The normalized spacial score (nSPS) is 7.73. The predicted molar refractivity (Wildman–Crippen MR) is 58.8 cm³/mol. The third-order valence-corrected chi connectivity index (χ3v) is 0.999. The third-order valence-electron chi connectivity index (χ3n) is 0.999. The maximum absolute atomic E-state index is 9.37. The van der Waals surface area contributed by atoms with Gasteiger partial charge in [-0.3, -0.25) is 9.59 Å². The first kappa shape index (κ1) is 19.4. The molecule has 0 aromatic rings. The average Bonchev–Trinajstić information content (AvgIpc) is 2.20. The number of nitrogens with one attached hydrogen (secondary N) is 1. The van der Waals surface area contributed by atoms with Crippen molar-refractivity contribution in [3.63, 3.8) is 0 Å². The van der Waals surface area contributed by atoms with Gasteiger partial charge in [-0.05, 0) is 7.05 Å². The summed E-state index contributed by atoms with van der Waals surface area (Å²) in [7, 11) is 1.88.